The Hall–Kier alpha value is -6.24. The molecule has 0 nitrogen and oxygen atoms in total. The molecule has 0 atom stereocenters. The van der Waals surface area contributed by atoms with E-state index in [4.69, 9.17) is 0 Å². The lowest BCUT2D eigenvalue weighted by molar-refractivity contribution is 0.815. The molecule has 0 saturated carbocycles. The van der Waals surface area contributed by atoms with Crippen molar-refractivity contribution in [2.75, 3.05) is 0 Å². The van der Waals surface area contributed by atoms with Crippen LogP contribution in [0.25, 0.3) is 43.5 Å². The molecule has 0 N–H and O–H groups in total. The van der Waals surface area contributed by atoms with Crippen LogP contribution in [0.3, 0.4) is 0 Å². The molecular formula is C61H58. The SMILES string of the molecule is C=CC(=CC/C1=C(\CC)C(=C)/C=C\C=C/CC2=C1C=CC=CC2)c1ccc2c3ccc(C4=C/CC5=C(CCC=CC5)C5=C(C=CCCC5)C/C=C\4)cc3c3ccccc3c2c1. The van der Waals surface area contributed by atoms with E-state index in [1.807, 2.05) is 6.08 Å². The highest BCUT2D eigenvalue weighted by Gasteiger charge is 2.19. The highest BCUT2D eigenvalue weighted by Crippen LogP contribution is 2.41. The Bertz CT molecular complexity index is 2840. The molecule has 0 unspecified atom stereocenters. The zero-order valence-electron chi connectivity index (χ0n) is 36.0. The van der Waals surface area contributed by atoms with Crippen LogP contribution >= 0.6 is 0 Å². The van der Waals surface area contributed by atoms with Crippen LogP contribution in [0, 0.1) is 0 Å². The monoisotopic (exact) mass is 790 g/mol. The van der Waals surface area contributed by atoms with Crippen LogP contribution in [0.5, 0.6) is 0 Å². The Kier molecular flexibility index (Phi) is 12.2. The Balaban J connectivity index is 1.11. The standard InChI is InChI=1S/C61H58/c1-4-44(35-38-57-51(5-2)43(3)21-10-6-11-22-46-23-12-8-17-30-54(46)57)49-36-39-58-59-40-37-50(42-61(59)56-32-19-18-31-55(56)60(58)41-49)45-26-20-27-47-24-13-7-15-28-52(47)53-29-16-9-14-25-48(53)34-33-45/h4,6,8-14,17-21,24,26,30-33,35-37,39-42H,1,3,5,7,15-16,22-23,25,27-29,34,38H2,2H3/b11-6-,21-10-,26-20-,44-35?,45-33+,57-51-. The first-order chi connectivity index (χ1) is 30.1. The molecule has 0 heteroatoms. The van der Waals surface area contributed by atoms with Gasteiger partial charge in [0, 0.05) is 0 Å². The molecule has 4 aromatic carbocycles. The fraction of sp³-hybridized carbons (Fsp3) is 0.213. The lowest BCUT2D eigenvalue weighted by Gasteiger charge is -2.20. The van der Waals surface area contributed by atoms with Crippen LogP contribution in [0.15, 0.2) is 227 Å². The van der Waals surface area contributed by atoms with E-state index in [-0.39, 0.29) is 0 Å². The summed E-state index contributed by atoms with van der Waals surface area (Å²) in [5.74, 6) is 0. The van der Waals surface area contributed by atoms with Crippen LogP contribution in [-0.4, -0.2) is 0 Å². The van der Waals surface area contributed by atoms with E-state index < -0.39 is 0 Å². The molecule has 0 radical (unpaired) electrons. The molecule has 0 spiro atoms. The minimum absolute atomic E-state index is 0.804. The second-order valence-corrected chi connectivity index (χ2v) is 17.0. The molecule has 5 aliphatic rings. The van der Waals surface area contributed by atoms with Gasteiger partial charge < -0.3 is 0 Å². The summed E-state index contributed by atoms with van der Waals surface area (Å²) in [6, 6.07) is 23.2. The summed E-state index contributed by atoms with van der Waals surface area (Å²) in [6.45, 7) is 11.1. The Morgan fingerprint density at radius 3 is 2.16 bits per heavy atom. The summed E-state index contributed by atoms with van der Waals surface area (Å²) in [4.78, 5) is 0. The second-order valence-electron chi connectivity index (χ2n) is 17.0. The lowest BCUT2D eigenvalue weighted by Crippen LogP contribution is -2.00. The first-order valence-electron chi connectivity index (χ1n) is 22.7. The summed E-state index contributed by atoms with van der Waals surface area (Å²) in [7, 11) is 0. The summed E-state index contributed by atoms with van der Waals surface area (Å²) in [5, 5.41) is 7.75. The average molecular weight is 791 g/mol. The van der Waals surface area contributed by atoms with Crippen LogP contribution in [0.2, 0.25) is 0 Å². The molecule has 5 aliphatic carbocycles. The van der Waals surface area contributed by atoms with Crippen molar-refractivity contribution in [1.29, 1.82) is 0 Å². The molecule has 302 valence electrons. The van der Waals surface area contributed by atoms with Crippen molar-refractivity contribution in [3.05, 3.63) is 238 Å². The number of hydrogen-bond acceptors (Lipinski definition) is 0. The Morgan fingerprint density at radius 2 is 1.36 bits per heavy atom. The zero-order chi connectivity index (χ0) is 41.5. The molecule has 0 aromatic heterocycles. The van der Waals surface area contributed by atoms with Gasteiger partial charge in [0.05, 0.1) is 0 Å². The van der Waals surface area contributed by atoms with E-state index in [0.29, 0.717) is 0 Å². The normalized spacial score (nSPS) is 22.5. The van der Waals surface area contributed by atoms with Crippen LogP contribution in [0.1, 0.15) is 95.1 Å². The van der Waals surface area contributed by atoms with Crippen LogP contribution < -0.4 is 0 Å². The molecule has 0 fully saturated rings. The molecule has 0 amide bonds. The number of allylic oxidation sites excluding steroid dienone is 28. The Morgan fingerprint density at radius 1 is 0.607 bits per heavy atom. The van der Waals surface area contributed by atoms with E-state index in [0.717, 1.165) is 68.9 Å². The number of benzene rings is 4. The van der Waals surface area contributed by atoms with Crippen molar-refractivity contribution in [2.24, 2.45) is 0 Å². The first kappa shape index (κ1) is 40.2. The van der Waals surface area contributed by atoms with Gasteiger partial charge in [0.1, 0.15) is 0 Å². The van der Waals surface area contributed by atoms with Crippen molar-refractivity contribution in [2.45, 2.75) is 84.0 Å². The maximum Gasteiger partial charge on any atom is -0.00794 e. The third kappa shape index (κ3) is 8.42. The van der Waals surface area contributed by atoms with Gasteiger partial charge in [-0.3, -0.25) is 0 Å². The van der Waals surface area contributed by atoms with E-state index in [9.17, 15) is 0 Å². The maximum atomic E-state index is 4.53. The van der Waals surface area contributed by atoms with E-state index in [1.54, 1.807) is 16.7 Å². The molecule has 61 heavy (non-hydrogen) atoms. The van der Waals surface area contributed by atoms with Crippen molar-refractivity contribution in [1.82, 2.24) is 0 Å². The van der Waals surface area contributed by atoms with Crippen molar-refractivity contribution in [3.63, 3.8) is 0 Å². The highest BCUT2D eigenvalue weighted by molar-refractivity contribution is 6.26. The van der Waals surface area contributed by atoms with Crippen LogP contribution in [0.4, 0.5) is 0 Å². The Labute approximate surface area is 364 Å². The molecular weight excluding hydrogens is 733 g/mol. The van der Waals surface area contributed by atoms with Gasteiger partial charge in [-0.2, -0.15) is 0 Å². The van der Waals surface area contributed by atoms with Gasteiger partial charge in [-0.1, -0.05) is 183 Å². The smallest absolute Gasteiger partial charge is 0.00794 e. The highest BCUT2D eigenvalue weighted by atomic mass is 14.2. The largest absolute Gasteiger partial charge is 0.0985 e. The number of hydrogen-bond donors (Lipinski definition) is 0. The lowest BCUT2D eigenvalue weighted by atomic mass is 9.85. The fourth-order valence-corrected chi connectivity index (χ4v) is 10.3. The van der Waals surface area contributed by atoms with Gasteiger partial charge in [0.25, 0.3) is 0 Å². The summed E-state index contributed by atoms with van der Waals surface area (Å²) < 4.78 is 0. The molecule has 4 aromatic rings. The predicted molar refractivity (Wildman–Crippen MR) is 267 cm³/mol. The molecule has 0 saturated heterocycles. The number of rotatable bonds is 6. The van der Waals surface area contributed by atoms with Crippen molar-refractivity contribution in [3.8, 4) is 0 Å². The molecule has 9 rings (SSSR count). The third-order valence-corrected chi connectivity index (χ3v) is 13.4. The van der Waals surface area contributed by atoms with Gasteiger partial charge in [-0.15, -0.1) is 0 Å². The second kappa shape index (κ2) is 18.6. The maximum absolute atomic E-state index is 4.53. The van der Waals surface area contributed by atoms with Crippen molar-refractivity contribution < 1.29 is 0 Å². The predicted octanol–water partition coefficient (Wildman–Crippen LogP) is 17.5. The van der Waals surface area contributed by atoms with Gasteiger partial charge >= 0.3 is 0 Å². The van der Waals surface area contributed by atoms with Gasteiger partial charge in [-0.25, -0.2) is 0 Å². The quantitative estimate of drug-likeness (QED) is 0.104. The number of fused-ring (bicyclic) bond motifs is 7. The van der Waals surface area contributed by atoms with E-state index in [2.05, 4.69) is 178 Å². The van der Waals surface area contributed by atoms with E-state index in [1.165, 1.54) is 96.1 Å². The minimum Gasteiger partial charge on any atom is -0.0985 e. The topological polar surface area (TPSA) is 0 Å². The fourth-order valence-electron chi connectivity index (χ4n) is 10.3. The van der Waals surface area contributed by atoms with Crippen LogP contribution in [-0.2, 0) is 0 Å². The molecule has 0 heterocycles. The summed E-state index contributed by atoms with van der Waals surface area (Å²) in [6.07, 6.45) is 51.7. The molecule has 0 aliphatic heterocycles. The summed E-state index contributed by atoms with van der Waals surface area (Å²) >= 11 is 0. The van der Waals surface area contributed by atoms with E-state index >= 15 is 0 Å². The third-order valence-electron chi connectivity index (χ3n) is 13.4. The average Bonchev–Trinajstić information content (AvgIpc) is 3.79. The first-order valence-corrected chi connectivity index (χ1v) is 22.7. The van der Waals surface area contributed by atoms with Crippen molar-refractivity contribution >= 4 is 43.5 Å². The van der Waals surface area contributed by atoms with Gasteiger partial charge in [-0.05, 0) is 183 Å². The summed E-state index contributed by atoms with van der Waals surface area (Å²) in [5.41, 5.74) is 17.9. The van der Waals surface area contributed by atoms with Gasteiger partial charge in [0.15, 0.2) is 0 Å². The zero-order valence-corrected chi connectivity index (χ0v) is 36.0. The molecule has 0 bridgehead atoms. The van der Waals surface area contributed by atoms with Gasteiger partial charge in [0.2, 0.25) is 0 Å². The minimum atomic E-state index is 0.804.